The van der Waals surface area contributed by atoms with Gasteiger partial charge < -0.3 is 10.2 Å². The van der Waals surface area contributed by atoms with Crippen LogP contribution in [0.5, 0.6) is 0 Å². The highest BCUT2D eigenvalue weighted by Crippen LogP contribution is 2.14. The predicted octanol–water partition coefficient (Wildman–Crippen LogP) is 2.48. The molecule has 1 saturated heterocycles. The lowest BCUT2D eigenvalue weighted by molar-refractivity contribution is -0.132. The number of carbonyl (C=O) groups excluding carboxylic acids is 1. The van der Waals surface area contributed by atoms with E-state index in [1.54, 1.807) is 0 Å². The lowest BCUT2D eigenvalue weighted by Crippen LogP contribution is -2.43. The van der Waals surface area contributed by atoms with Gasteiger partial charge in [0.15, 0.2) is 0 Å². The van der Waals surface area contributed by atoms with Crippen LogP contribution < -0.4 is 5.32 Å². The molecule has 19 heavy (non-hydrogen) atoms. The predicted molar refractivity (Wildman–Crippen MR) is 77.9 cm³/mol. The van der Waals surface area contributed by atoms with E-state index in [-0.39, 0.29) is 11.9 Å². The van der Waals surface area contributed by atoms with Gasteiger partial charge in [-0.25, -0.2) is 0 Å². The maximum absolute atomic E-state index is 12.3. The summed E-state index contributed by atoms with van der Waals surface area (Å²) in [5, 5.41) is 3.23. The van der Waals surface area contributed by atoms with E-state index in [2.05, 4.69) is 11.2 Å². The number of nitrogens with one attached hydrogen (secondary N) is 1. The van der Waals surface area contributed by atoms with E-state index in [0.29, 0.717) is 0 Å². The molecule has 1 aromatic rings. The van der Waals surface area contributed by atoms with Crippen LogP contribution >= 0.6 is 0 Å². The number of carbonyl (C=O) groups is 1. The lowest BCUT2D eigenvalue weighted by atomic mass is 10.1. The normalized spacial score (nSPS) is 16.5. The topological polar surface area (TPSA) is 32.3 Å². The summed E-state index contributed by atoms with van der Waals surface area (Å²) in [6.07, 6.45) is 8.84. The van der Waals surface area contributed by atoms with Crippen molar-refractivity contribution >= 4 is 11.6 Å². The molecule has 1 aliphatic heterocycles. The monoisotopic (exact) mass is 256 g/mol. The Labute approximate surface area is 115 Å². The number of anilines is 1. The summed E-state index contributed by atoms with van der Waals surface area (Å²) in [5.41, 5.74) is 1.72. The van der Waals surface area contributed by atoms with Crippen molar-refractivity contribution in [3.8, 4) is 12.3 Å². The van der Waals surface area contributed by atoms with Gasteiger partial charge in [-0.2, -0.15) is 0 Å². The van der Waals surface area contributed by atoms with Crippen LogP contribution in [0.2, 0.25) is 0 Å². The first kappa shape index (κ1) is 13.5. The molecule has 0 bridgehead atoms. The molecule has 2 rings (SSSR count). The van der Waals surface area contributed by atoms with E-state index >= 15 is 0 Å². The fourth-order valence-corrected chi connectivity index (χ4v) is 2.40. The molecule has 1 fully saturated rings. The average molecular weight is 256 g/mol. The van der Waals surface area contributed by atoms with Crippen molar-refractivity contribution < 1.29 is 4.79 Å². The molecule has 0 aromatic heterocycles. The zero-order valence-corrected chi connectivity index (χ0v) is 11.4. The van der Waals surface area contributed by atoms with Gasteiger partial charge in [0.2, 0.25) is 5.91 Å². The van der Waals surface area contributed by atoms with Crippen LogP contribution in [0.1, 0.15) is 31.7 Å². The van der Waals surface area contributed by atoms with E-state index in [9.17, 15) is 4.79 Å². The molecular weight excluding hydrogens is 236 g/mol. The second kappa shape index (κ2) is 6.29. The number of nitrogens with zero attached hydrogens (tertiary/aromatic N) is 1. The number of hydrogen-bond donors (Lipinski definition) is 1. The Morgan fingerprint density at radius 2 is 2.11 bits per heavy atom. The first-order valence-corrected chi connectivity index (χ1v) is 6.82. The zero-order chi connectivity index (χ0) is 13.7. The van der Waals surface area contributed by atoms with Crippen molar-refractivity contribution in [1.29, 1.82) is 0 Å². The van der Waals surface area contributed by atoms with Crippen LogP contribution in [0.3, 0.4) is 0 Å². The van der Waals surface area contributed by atoms with Crippen molar-refractivity contribution in [3.63, 3.8) is 0 Å². The van der Waals surface area contributed by atoms with Crippen molar-refractivity contribution in [1.82, 2.24) is 4.90 Å². The molecule has 1 unspecified atom stereocenters. The highest BCUT2D eigenvalue weighted by Gasteiger charge is 2.21. The third-order valence-electron chi connectivity index (χ3n) is 3.45. The summed E-state index contributed by atoms with van der Waals surface area (Å²) >= 11 is 0. The Bertz CT molecular complexity index is 484. The van der Waals surface area contributed by atoms with E-state index in [1.807, 2.05) is 36.1 Å². The molecule has 3 nitrogen and oxygen atoms in total. The van der Waals surface area contributed by atoms with Gasteiger partial charge in [-0.1, -0.05) is 12.0 Å². The number of hydrogen-bond acceptors (Lipinski definition) is 2. The van der Waals surface area contributed by atoms with Crippen LogP contribution in [-0.4, -0.2) is 29.9 Å². The molecule has 1 N–H and O–H groups in total. The molecule has 1 atom stereocenters. The van der Waals surface area contributed by atoms with Gasteiger partial charge in [0.25, 0.3) is 0 Å². The maximum Gasteiger partial charge on any atom is 0.244 e. The molecule has 0 spiro atoms. The average Bonchev–Trinajstić information content (AvgIpc) is 2.47. The van der Waals surface area contributed by atoms with Crippen LogP contribution in [0, 0.1) is 12.3 Å². The Hall–Kier alpha value is -1.95. The van der Waals surface area contributed by atoms with Gasteiger partial charge in [-0.15, -0.1) is 6.42 Å². The summed E-state index contributed by atoms with van der Waals surface area (Å²) in [7, 11) is 0. The number of rotatable bonds is 3. The lowest BCUT2D eigenvalue weighted by Gasteiger charge is -2.29. The standard InChI is InChI=1S/C16H20N2O/c1-3-14-8-7-9-15(12-14)17-13(2)16(19)18-10-5-4-6-11-18/h1,7-9,12-13,17H,4-6,10-11H2,2H3. The highest BCUT2D eigenvalue weighted by atomic mass is 16.2. The van der Waals surface area contributed by atoms with Gasteiger partial charge in [-0.3, -0.25) is 4.79 Å². The number of benzene rings is 1. The van der Waals surface area contributed by atoms with Crippen molar-refractivity contribution in [2.75, 3.05) is 18.4 Å². The first-order valence-electron chi connectivity index (χ1n) is 6.82. The number of likely N-dealkylation sites (tertiary alicyclic amines) is 1. The third kappa shape index (κ3) is 3.51. The zero-order valence-electron chi connectivity index (χ0n) is 11.4. The van der Waals surface area contributed by atoms with E-state index in [0.717, 1.165) is 37.2 Å². The quantitative estimate of drug-likeness (QED) is 0.843. The SMILES string of the molecule is C#Cc1cccc(NC(C)C(=O)N2CCCCC2)c1. The van der Waals surface area contributed by atoms with Crippen LogP contribution in [-0.2, 0) is 4.79 Å². The molecule has 1 amide bonds. The summed E-state index contributed by atoms with van der Waals surface area (Å²) in [6, 6.07) is 7.38. The molecule has 0 aliphatic carbocycles. The van der Waals surface area contributed by atoms with Gasteiger partial charge >= 0.3 is 0 Å². The Morgan fingerprint density at radius 3 is 2.79 bits per heavy atom. The Balaban J connectivity index is 1.97. The molecule has 1 aliphatic rings. The second-order valence-electron chi connectivity index (χ2n) is 4.98. The largest absolute Gasteiger partial charge is 0.374 e. The summed E-state index contributed by atoms with van der Waals surface area (Å²) in [4.78, 5) is 14.2. The van der Waals surface area contributed by atoms with Crippen molar-refractivity contribution in [2.24, 2.45) is 0 Å². The van der Waals surface area contributed by atoms with Crippen molar-refractivity contribution in [2.45, 2.75) is 32.2 Å². The molecule has 100 valence electrons. The maximum atomic E-state index is 12.3. The number of piperidine rings is 1. The fourth-order valence-electron chi connectivity index (χ4n) is 2.40. The van der Waals surface area contributed by atoms with Crippen molar-refractivity contribution in [3.05, 3.63) is 29.8 Å². The van der Waals surface area contributed by atoms with E-state index in [1.165, 1.54) is 6.42 Å². The van der Waals surface area contributed by atoms with E-state index in [4.69, 9.17) is 6.42 Å². The third-order valence-corrected chi connectivity index (χ3v) is 3.45. The van der Waals surface area contributed by atoms with E-state index < -0.39 is 0 Å². The summed E-state index contributed by atoms with van der Waals surface area (Å²) < 4.78 is 0. The van der Waals surface area contributed by atoms with Gasteiger partial charge in [0.1, 0.15) is 6.04 Å². The first-order chi connectivity index (χ1) is 9.20. The molecular formula is C16H20N2O. The molecule has 1 heterocycles. The number of amides is 1. The van der Waals surface area contributed by atoms with Crippen LogP contribution in [0.4, 0.5) is 5.69 Å². The fraction of sp³-hybridized carbons (Fsp3) is 0.438. The second-order valence-corrected chi connectivity index (χ2v) is 4.98. The molecule has 0 radical (unpaired) electrons. The molecule has 0 saturated carbocycles. The summed E-state index contributed by atoms with van der Waals surface area (Å²) in [6.45, 7) is 3.67. The Kier molecular flexibility index (Phi) is 4.46. The number of terminal acetylenes is 1. The van der Waals surface area contributed by atoms with Crippen LogP contribution in [0.25, 0.3) is 0 Å². The minimum absolute atomic E-state index is 0.172. The Morgan fingerprint density at radius 1 is 1.37 bits per heavy atom. The van der Waals surface area contributed by atoms with Crippen LogP contribution in [0.15, 0.2) is 24.3 Å². The minimum Gasteiger partial charge on any atom is -0.374 e. The molecule has 3 heteroatoms. The smallest absolute Gasteiger partial charge is 0.244 e. The minimum atomic E-state index is -0.217. The molecule has 1 aromatic carbocycles. The van der Waals surface area contributed by atoms with Gasteiger partial charge in [-0.05, 0) is 44.4 Å². The van der Waals surface area contributed by atoms with Gasteiger partial charge in [0, 0.05) is 24.3 Å². The van der Waals surface area contributed by atoms with Gasteiger partial charge in [0.05, 0.1) is 0 Å². The highest BCUT2D eigenvalue weighted by molar-refractivity contribution is 5.84. The summed E-state index contributed by atoms with van der Waals surface area (Å²) in [5.74, 6) is 2.77.